The van der Waals surface area contributed by atoms with Crippen LogP contribution < -0.4 is 0 Å². The van der Waals surface area contributed by atoms with Gasteiger partial charge in [0.15, 0.2) is 6.10 Å². The zero-order valence-electron chi connectivity index (χ0n) is 34.6. The molecule has 0 spiro atoms. The highest BCUT2D eigenvalue weighted by Gasteiger charge is 2.17. The van der Waals surface area contributed by atoms with E-state index in [4.69, 9.17) is 14.2 Å². The summed E-state index contributed by atoms with van der Waals surface area (Å²) < 4.78 is 17.2. The second-order valence-electron chi connectivity index (χ2n) is 14.6. The van der Waals surface area contributed by atoms with Crippen molar-refractivity contribution in [1.29, 1.82) is 0 Å². The zero-order valence-corrected chi connectivity index (χ0v) is 34.6. The molecule has 0 aliphatic heterocycles. The van der Waals surface area contributed by atoms with Crippen LogP contribution in [0, 0.1) is 0 Å². The fraction of sp³-hybridized carbons (Fsp3) is 0.787. The largest absolute Gasteiger partial charge is 0.462 e. The zero-order chi connectivity index (χ0) is 37.8. The van der Waals surface area contributed by atoms with Crippen LogP contribution in [0.25, 0.3) is 0 Å². The molecule has 52 heavy (non-hydrogen) atoms. The Morgan fingerprint density at radius 3 is 1.38 bits per heavy atom. The van der Waals surface area contributed by atoms with Crippen LogP contribution in [-0.2, 0) is 23.8 Å². The summed E-state index contributed by atoms with van der Waals surface area (Å²) in [6.45, 7) is 7.62. The number of hydrogen-bond acceptors (Lipinski definition) is 5. The lowest BCUT2D eigenvalue weighted by Gasteiger charge is -2.18. The van der Waals surface area contributed by atoms with E-state index >= 15 is 0 Å². The first-order valence-corrected chi connectivity index (χ1v) is 22.2. The molecule has 0 aromatic rings. The van der Waals surface area contributed by atoms with Crippen molar-refractivity contribution in [3.05, 3.63) is 48.6 Å². The minimum atomic E-state index is -0.533. The quantitative estimate of drug-likeness (QED) is 0.0357. The number of allylic oxidation sites excluding steroid dienone is 8. The van der Waals surface area contributed by atoms with Gasteiger partial charge in [0, 0.05) is 19.4 Å². The first-order valence-electron chi connectivity index (χ1n) is 22.2. The van der Waals surface area contributed by atoms with Gasteiger partial charge < -0.3 is 14.2 Å². The van der Waals surface area contributed by atoms with Gasteiger partial charge in [-0.15, -0.1) is 0 Å². The summed E-state index contributed by atoms with van der Waals surface area (Å²) >= 11 is 0. The summed E-state index contributed by atoms with van der Waals surface area (Å²) in [6.07, 6.45) is 51.4. The summed E-state index contributed by atoms with van der Waals surface area (Å²) in [5.41, 5.74) is 0. The van der Waals surface area contributed by atoms with Crippen molar-refractivity contribution in [3.63, 3.8) is 0 Å². The van der Waals surface area contributed by atoms with Crippen LogP contribution in [0.3, 0.4) is 0 Å². The monoisotopic (exact) mass is 729 g/mol. The molecule has 0 heterocycles. The number of carbonyl (C=O) groups excluding carboxylic acids is 2. The predicted octanol–water partition coefficient (Wildman–Crippen LogP) is 14.4. The molecule has 0 radical (unpaired) electrons. The molecule has 0 aliphatic rings. The minimum absolute atomic E-state index is 0.0827. The number of esters is 2. The van der Waals surface area contributed by atoms with Gasteiger partial charge in [0.05, 0.1) is 6.61 Å². The van der Waals surface area contributed by atoms with Crippen molar-refractivity contribution in [2.24, 2.45) is 0 Å². The van der Waals surface area contributed by atoms with Crippen molar-refractivity contribution in [2.75, 3.05) is 19.8 Å². The van der Waals surface area contributed by atoms with E-state index < -0.39 is 6.10 Å². The van der Waals surface area contributed by atoms with Crippen molar-refractivity contribution >= 4 is 11.9 Å². The molecule has 0 rings (SSSR count). The van der Waals surface area contributed by atoms with E-state index in [1.807, 2.05) is 0 Å². The van der Waals surface area contributed by atoms with Crippen LogP contribution in [-0.4, -0.2) is 37.9 Å². The molecule has 5 nitrogen and oxygen atoms in total. The lowest BCUT2D eigenvalue weighted by molar-refractivity contribution is -0.163. The summed E-state index contributed by atoms with van der Waals surface area (Å²) in [4.78, 5) is 24.9. The van der Waals surface area contributed by atoms with Gasteiger partial charge in [-0.25, -0.2) is 0 Å². The Hall–Kier alpha value is -2.14. The fourth-order valence-corrected chi connectivity index (χ4v) is 6.09. The van der Waals surface area contributed by atoms with Crippen LogP contribution in [0.1, 0.15) is 213 Å². The van der Waals surface area contributed by atoms with Gasteiger partial charge >= 0.3 is 11.9 Å². The average molecular weight is 729 g/mol. The van der Waals surface area contributed by atoms with E-state index in [0.717, 1.165) is 70.6 Å². The second-order valence-corrected chi connectivity index (χ2v) is 14.6. The fourth-order valence-electron chi connectivity index (χ4n) is 6.09. The van der Waals surface area contributed by atoms with Gasteiger partial charge in [-0.3, -0.25) is 9.59 Å². The molecular weight excluding hydrogens is 645 g/mol. The maximum absolute atomic E-state index is 12.5. The van der Waals surface area contributed by atoms with E-state index in [9.17, 15) is 9.59 Å². The summed E-state index contributed by atoms with van der Waals surface area (Å²) in [7, 11) is 0. The molecule has 0 bridgehead atoms. The Bertz CT molecular complexity index is 873. The molecular formula is C47H84O5. The maximum atomic E-state index is 12.5. The Morgan fingerprint density at radius 1 is 0.442 bits per heavy atom. The van der Waals surface area contributed by atoms with E-state index in [1.165, 1.54) is 109 Å². The minimum Gasteiger partial charge on any atom is -0.462 e. The molecule has 5 heteroatoms. The third-order valence-electron chi connectivity index (χ3n) is 9.38. The Morgan fingerprint density at radius 2 is 0.865 bits per heavy atom. The highest BCUT2D eigenvalue weighted by Crippen LogP contribution is 2.14. The van der Waals surface area contributed by atoms with Gasteiger partial charge in [-0.05, 0) is 57.8 Å². The molecule has 0 amide bonds. The molecule has 0 N–H and O–H groups in total. The number of rotatable bonds is 40. The third-order valence-corrected chi connectivity index (χ3v) is 9.38. The predicted molar refractivity (Wildman–Crippen MR) is 224 cm³/mol. The van der Waals surface area contributed by atoms with E-state index in [-0.39, 0.29) is 25.2 Å². The maximum Gasteiger partial charge on any atom is 0.306 e. The molecule has 0 fully saturated rings. The number of unbranched alkanes of at least 4 members (excludes halogenated alkanes) is 21. The molecule has 0 saturated heterocycles. The van der Waals surface area contributed by atoms with Crippen LogP contribution in [0.4, 0.5) is 0 Å². The normalized spacial score (nSPS) is 12.6. The van der Waals surface area contributed by atoms with Gasteiger partial charge in [0.1, 0.15) is 6.61 Å². The molecule has 302 valence electrons. The van der Waals surface area contributed by atoms with Crippen molar-refractivity contribution < 1.29 is 23.8 Å². The third kappa shape index (κ3) is 40.6. The van der Waals surface area contributed by atoms with E-state index in [1.54, 1.807) is 0 Å². The molecule has 0 aliphatic carbocycles. The molecule has 0 aromatic heterocycles. The summed E-state index contributed by atoms with van der Waals surface area (Å²) in [5.74, 6) is -0.413. The topological polar surface area (TPSA) is 61.8 Å². The first kappa shape index (κ1) is 49.9. The van der Waals surface area contributed by atoms with Gasteiger partial charge in [0.25, 0.3) is 0 Å². The van der Waals surface area contributed by atoms with Crippen molar-refractivity contribution in [2.45, 2.75) is 219 Å². The smallest absolute Gasteiger partial charge is 0.306 e. The van der Waals surface area contributed by atoms with Gasteiger partial charge in [-0.1, -0.05) is 191 Å². The summed E-state index contributed by atoms with van der Waals surface area (Å²) in [5, 5.41) is 0. The van der Waals surface area contributed by atoms with E-state index in [0.29, 0.717) is 19.4 Å². The SMILES string of the molecule is CC/C=C\C/C=C\C/C=C\C/C=C\CCCCCCCCCOCC(COC(=O)CCCCCCCCCCCCC)OC(=O)CCCCCCC. The standard InChI is InChI=1S/C47H84O5/c1-4-7-10-13-15-17-19-20-21-22-23-24-25-26-27-29-31-33-36-39-42-50-43-45(52-47(49)41-38-34-12-9-6-3)44-51-46(48)40-37-35-32-30-28-18-16-14-11-8-5-2/h7,10,15,17,20-21,23-24,45H,4-6,8-9,11-14,16,18-19,22,25-44H2,1-3H3/b10-7-,17-15-,21-20-,24-23-. The van der Waals surface area contributed by atoms with Gasteiger partial charge in [-0.2, -0.15) is 0 Å². The first-order chi connectivity index (χ1) is 25.6. The molecule has 0 saturated carbocycles. The van der Waals surface area contributed by atoms with Crippen molar-refractivity contribution in [3.8, 4) is 0 Å². The van der Waals surface area contributed by atoms with E-state index in [2.05, 4.69) is 69.4 Å². The average Bonchev–Trinajstić information content (AvgIpc) is 3.14. The highest BCUT2D eigenvalue weighted by atomic mass is 16.6. The lowest BCUT2D eigenvalue weighted by Crippen LogP contribution is -2.30. The number of carbonyl (C=O) groups is 2. The second kappa shape index (κ2) is 43.3. The summed E-state index contributed by atoms with van der Waals surface area (Å²) in [6, 6.07) is 0. The van der Waals surface area contributed by atoms with Crippen molar-refractivity contribution in [1.82, 2.24) is 0 Å². The molecule has 1 atom stereocenters. The van der Waals surface area contributed by atoms with Crippen LogP contribution >= 0.6 is 0 Å². The highest BCUT2D eigenvalue weighted by molar-refractivity contribution is 5.70. The van der Waals surface area contributed by atoms with Crippen LogP contribution in [0.2, 0.25) is 0 Å². The number of hydrogen-bond donors (Lipinski definition) is 0. The lowest BCUT2D eigenvalue weighted by atomic mass is 10.1. The Kier molecular flexibility index (Phi) is 41.5. The van der Waals surface area contributed by atoms with Crippen LogP contribution in [0.5, 0.6) is 0 Å². The molecule has 0 aromatic carbocycles. The van der Waals surface area contributed by atoms with Crippen LogP contribution in [0.15, 0.2) is 48.6 Å². The number of ether oxygens (including phenoxy) is 3. The Balaban J connectivity index is 4.05. The molecule has 1 unspecified atom stereocenters. The Labute approximate surface area is 322 Å². The van der Waals surface area contributed by atoms with Gasteiger partial charge in [0.2, 0.25) is 0 Å².